The van der Waals surface area contributed by atoms with Crippen LogP contribution in [0.1, 0.15) is 0 Å². The van der Waals surface area contributed by atoms with Crippen molar-refractivity contribution in [1.29, 1.82) is 0 Å². The minimum Gasteiger partial charge on any atom is -0.497 e. The Labute approximate surface area is 124 Å². The van der Waals surface area contributed by atoms with Crippen molar-refractivity contribution in [3.05, 3.63) is 36.4 Å². The molecule has 0 saturated carbocycles. The van der Waals surface area contributed by atoms with Crippen LogP contribution in [0, 0.1) is 0 Å². The Morgan fingerprint density at radius 1 is 0.714 bits per heavy atom. The SMILES string of the molecule is COc1ccc(OC)c(Nc2cccc(OC)c2OC)c1. The molecule has 0 radical (unpaired) electrons. The Hall–Kier alpha value is -2.56. The van der Waals surface area contributed by atoms with Gasteiger partial charge in [0.25, 0.3) is 0 Å². The molecule has 0 heterocycles. The van der Waals surface area contributed by atoms with Crippen LogP contribution in [0.3, 0.4) is 0 Å². The standard InChI is InChI=1S/C16H19NO4/c1-18-11-8-9-14(19-2)13(10-11)17-12-6-5-7-15(20-3)16(12)21-4/h5-10,17H,1-4H3. The van der Waals surface area contributed by atoms with Crippen LogP contribution in [-0.4, -0.2) is 28.4 Å². The zero-order chi connectivity index (χ0) is 15.2. The molecule has 0 amide bonds. The van der Waals surface area contributed by atoms with Gasteiger partial charge in [-0.2, -0.15) is 0 Å². The second kappa shape index (κ2) is 6.74. The Morgan fingerprint density at radius 2 is 1.48 bits per heavy atom. The van der Waals surface area contributed by atoms with Gasteiger partial charge < -0.3 is 24.3 Å². The van der Waals surface area contributed by atoms with Crippen molar-refractivity contribution in [2.24, 2.45) is 0 Å². The van der Waals surface area contributed by atoms with E-state index < -0.39 is 0 Å². The van der Waals surface area contributed by atoms with Gasteiger partial charge in [0.1, 0.15) is 11.5 Å². The summed E-state index contributed by atoms with van der Waals surface area (Å²) >= 11 is 0. The first-order valence-corrected chi connectivity index (χ1v) is 6.43. The van der Waals surface area contributed by atoms with Crippen molar-refractivity contribution in [3.8, 4) is 23.0 Å². The minimum atomic E-state index is 0.630. The van der Waals surface area contributed by atoms with Crippen molar-refractivity contribution in [3.63, 3.8) is 0 Å². The molecular weight excluding hydrogens is 270 g/mol. The van der Waals surface area contributed by atoms with Crippen LogP contribution < -0.4 is 24.3 Å². The van der Waals surface area contributed by atoms with Gasteiger partial charge in [0, 0.05) is 6.07 Å². The number of benzene rings is 2. The molecule has 5 heteroatoms. The van der Waals surface area contributed by atoms with Gasteiger partial charge in [0.2, 0.25) is 0 Å². The first-order chi connectivity index (χ1) is 10.2. The van der Waals surface area contributed by atoms with Crippen LogP contribution in [0.15, 0.2) is 36.4 Å². The van der Waals surface area contributed by atoms with Gasteiger partial charge in [-0.1, -0.05) is 6.07 Å². The maximum Gasteiger partial charge on any atom is 0.184 e. The van der Waals surface area contributed by atoms with Crippen molar-refractivity contribution >= 4 is 11.4 Å². The topological polar surface area (TPSA) is 49.0 Å². The van der Waals surface area contributed by atoms with E-state index in [1.165, 1.54) is 0 Å². The molecule has 0 spiro atoms. The highest BCUT2D eigenvalue weighted by Gasteiger charge is 2.12. The summed E-state index contributed by atoms with van der Waals surface area (Å²) in [6, 6.07) is 11.2. The summed E-state index contributed by atoms with van der Waals surface area (Å²) in [5, 5.41) is 3.28. The molecule has 21 heavy (non-hydrogen) atoms. The molecule has 0 saturated heterocycles. The maximum absolute atomic E-state index is 5.41. The monoisotopic (exact) mass is 289 g/mol. The van der Waals surface area contributed by atoms with Crippen molar-refractivity contribution < 1.29 is 18.9 Å². The lowest BCUT2D eigenvalue weighted by Gasteiger charge is -2.16. The number of hydrogen-bond acceptors (Lipinski definition) is 5. The molecular formula is C16H19NO4. The minimum absolute atomic E-state index is 0.630. The lowest BCUT2D eigenvalue weighted by molar-refractivity contribution is 0.356. The average molecular weight is 289 g/mol. The third-order valence-electron chi connectivity index (χ3n) is 3.08. The Bertz CT molecular complexity index is 613. The molecule has 0 bridgehead atoms. The molecule has 0 aliphatic rings. The summed E-state index contributed by atoms with van der Waals surface area (Å²) in [5.41, 5.74) is 1.56. The molecule has 1 N–H and O–H groups in total. The third-order valence-corrected chi connectivity index (χ3v) is 3.08. The summed E-state index contributed by atoms with van der Waals surface area (Å²) in [6.07, 6.45) is 0. The highest BCUT2D eigenvalue weighted by Crippen LogP contribution is 2.39. The van der Waals surface area contributed by atoms with Gasteiger partial charge in [-0.25, -0.2) is 0 Å². The predicted molar refractivity (Wildman–Crippen MR) is 82.4 cm³/mol. The molecule has 0 aromatic heterocycles. The van der Waals surface area contributed by atoms with Gasteiger partial charge in [-0.3, -0.25) is 0 Å². The van der Waals surface area contributed by atoms with Gasteiger partial charge in [0.15, 0.2) is 11.5 Å². The van der Waals surface area contributed by atoms with E-state index in [9.17, 15) is 0 Å². The number of ether oxygens (including phenoxy) is 4. The second-order valence-corrected chi connectivity index (χ2v) is 4.23. The lowest BCUT2D eigenvalue weighted by Crippen LogP contribution is -1.99. The van der Waals surface area contributed by atoms with E-state index >= 15 is 0 Å². The largest absolute Gasteiger partial charge is 0.497 e. The molecule has 2 rings (SSSR count). The maximum atomic E-state index is 5.41. The van der Waals surface area contributed by atoms with Gasteiger partial charge in [-0.15, -0.1) is 0 Å². The quantitative estimate of drug-likeness (QED) is 0.882. The zero-order valence-corrected chi connectivity index (χ0v) is 12.6. The normalized spacial score (nSPS) is 9.90. The third kappa shape index (κ3) is 3.13. The molecule has 0 aliphatic carbocycles. The highest BCUT2D eigenvalue weighted by atomic mass is 16.5. The van der Waals surface area contributed by atoms with E-state index in [0.29, 0.717) is 17.2 Å². The molecule has 112 valence electrons. The summed E-state index contributed by atoms with van der Waals surface area (Å²) in [4.78, 5) is 0. The molecule has 2 aromatic rings. The highest BCUT2D eigenvalue weighted by molar-refractivity contribution is 5.74. The van der Waals surface area contributed by atoms with Crippen LogP contribution in [0.5, 0.6) is 23.0 Å². The van der Waals surface area contributed by atoms with E-state index in [4.69, 9.17) is 18.9 Å². The Morgan fingerprint density at radius 3 is 2.10 bits per heavy atom. The van der Waals surface area contributed by atoms with E-state index in [0.717, 1.165) is 17.1 Å². The molecule has 2 aromatic carbocycles. The van der Waals surface area contributed by atoms with Crippen LogP contribution in [0.4, 0.5) is 11.4 Å². The van der Waals surface area contributed by atoms with Crippen molar-refractivity contribution in [2.45, 2.75) is 0 Å². The fourth-order valence-corrected chi connectivity index (χ4v) is 2.04. The smallest absolute Gasteiger partial charge is 0.184 e. The lowest BCUT2D eigenvalue weighted by atomic mass is 10.2. The summed E-state index contributed by atoms with van der Waals surface area (Å²) in [6.45, 7) is 0. The van der Waals surface area contributed by atoms with Crippen LogP contribution in [-0.2, 0) is 0 Å². The Balaban J connectivity index is 2.42. The van der Waals surface area contributed by atoms with Crippen LogP contribution >= 0.6 is 0 Å². The first kappa shape index (κ1) is 14.8. The van der Waals surface area contributed by atoms with Gasteiger partial charge >= 0.3 is 0 Å². The number of para-hydroxylation sites is 1. The second-order valence-electron chi connectivity index (χ2n) is 4.23. The fraction of sp³-hybridized carbons (Fsp3) is 0.250. The summed E-state index contributed by atoms with van der Waals surface area (Å²) in [5.74, 6) is 2.73. The Kier molecular flexibility index (Phi) is 4.77. The molecule has 0 aliphatic heterocycles. The molecule has 0 atom stereocenters. The van der Waals surface area contributed by atoms with Gasteiger partial charge in [-0.05, 0) is 24.3 Å². The van der Waals surface area contributed by atoms with Crippen LogP contribution in [0.2, 0.25) is 0 Å². The van der Waals surface area contributed by atoms with E-state index in [2.05, 4.69) is 5.32 Å². The zero-order valence-electron chi connectivity index (χ0n) is 12.6. The molecule has 0 unspecified atom stereocenters. The predicted octanol–water partition coefficient (Wildman–Crippen LogP) is 3.46. The van der Waals surface area contributed by atoms with Gasteiger partial charge in [0.05, 0.1) is 39.8 Å². The number of anilines is 2. The summed E-state index contributed by atoms with van der Waals surface area (Å²) in [7, 11) is 6.45. The van der Waals surface area contributed by atoms with Crippen LogP contribution in [0.25, 0.3) is 0 Å². The number of hydrogen-bond donors (Lipinski definition) is 1. The van der Waals surface area contributed by atoms with E-state index in [1.807, 2.05) is 36.4 Å². The number of methoxy groups -OCH3 is 4. The summed E-state index contributed by atoms with van der Waals surface area (Å²) < 4.78 is 21.3. The average Bonchev–Trinajstić information content (AvgIpc) is 2.54. The number of rotatable bonds is 6. The van der Waals surface area contributed by atoms with Crippen molar-refractivity contribution in [2.75, 3.05) is 33.8 Å². The molecule has 5 nitrogen and oxygen atoms in total. The van der Waals surface area contributed by atoms with E-state index in [1.54, 1.807) is 28.4 Å². The fourth-order valence-electron chi connectivity index (χ4n) is 2.04. The molecule has 0 fully saturated rings. The first-order valence-electron chi connectivity index (χ1n) is 6.43. The number of nitrogens with one attached hydrogen (secondary N) is 1. The van der Waals surface area contributed by atoms with Crippen molar-refractivity contribution in [1.82, 2.24) is 0 Å². The van der Waals surface area contributed by atoms with E-state index in [-0.39, 0.29) is 0 Å².